The lowest BCUT2D eigenvalue weighted by Gasteiger charge is -2.20. The normalized spacial score (nSPS) is 16.1. The zero-order chi connectivity index (χ0) is 13.3. The Labute approximate surface area is 114 Å². The van der Waals surface area contributed by atoms with Gasteiger partial charge in [-0.1, -0.05) is 54.1 Å². The molecule has 2 aromatic rings. The van der Waals surface area contributed by atoms with Crippen molar-refractivity contribution in [1.29, 1.82) is 0 Å². The van der Waals surface area contributed by atoms with Crippen molar-refractivity contribution in [2.24, 2.45) is 0 Å². The van der Waals surface area contributed by atoms with Gasteiger partial charge in [0, 0.05) is 11.8 Å². The third kappa shape index (κ3) is 2.10. The SMILES string of the molecule is Cc1ccc(CC=O)c(C2(c3ccccc3)CC2)c1. The second-order valence-electron chi connectivity index (χ2n) is 5.48. The molecule has 1 fully saturated rings. The molecule has 0 saturated heterocycles. The fraction of sp³-hybridized carbons (Fsp3) is 0.278. The minimum atomic E-state index is 0.158. The van der Waals surface area contributed by atoms with Crippen LogP contribution in [0.25, 0.3) is 0 Å². The molecule has 0 atom stereocenters. The molecule has 19 heavy (non-hydrogen) atoms. The molecule has 96 valence electrons. The van der Waals surface area contributed by atoms with Gasteiger partial charge in [-0.05, 0) is 36.5 Å². The van der Waals surface area contributed by atoms with Crippen LogP contribution in [0.3, 0.4) is 0 Å². The van der Waals surface area contributed by atoms with Gasteiger partial charge in [-0.2, -0.15) is 0 Å². The predicted octanol–water partition coefficient (Wildman–Crippen LogP) is 3.82. The van der Waals surface area contributed by atoms with Gasteiger partial charge in [0.2, 0.25) is 0 Å². The number of rotatable bonds is 4. The van der Waals surface area contributed by atoms with Crippen LogP contribution in [-0.2, 0) is 16.6 Å². The fourth-order valence-corrected chi connectivity index (χ4v) is 3.00. The number of aldehydes is 1. The molecule has 0 aliphatic heterocycles. The highest BCUT2D eigenvalue weighted by molar-refractivity contribution is 5.59. The van der Waals surface area contributed by atoms with Crippen molar-refractivity contribution in [3.8, 4) is 0 Å². The maximum Gasteiger partial charge on any atom is 0.124 e. The molecule has 2 aromatic carbocycles. The molecule has 1 saturated carbocycles. The lowest BCUT2D eigenvalue weighted by molar-refractivity contribution is -0.107. The van der Waals surface area contributed by atoms with Crippen molar-refractivity contribution in [3.05, 3.63) is 70.8 Å². The van der Waals surface area contributed by atoms with Crippen molar-refractivity contribution in [1.82, 2.24) is 0 Å². The zero-order valence-electron chi connectivity index (χ0n) is 11.2. The van der Waals surface area contributed by atoms with E-state index in [4.69, 9.17) is 0 Å². The lowest BCUT2D eigenvalue weighted by atomic mass is 9.83. The number of benzene rings is 2. The average Bonchev–Trinajstić information content (AvgIpc) is 3.24. The van der Waals surface area contributed by atoms with Gasteiger partial charge < -0.3 is 4.79 Å². The molecule has 0 bridgehead atoms. The number of hydrogen-bond acceptors (Lipinski definition) is 1. The second kappa shape index (κ2) is 4.65. The quantitative estimate of drug-likeness (QED) is 0.754. The van der Waals surface area contributed by atoms with Crippen LogP contribution in [0.5, 0.6) is 0 Å². The van der Waals surface area contributed by atoms with Crippen molar-refractivity contribution in [3.63, 3.8) is 0 Å². The Hall–Kier alpha value is -1.89. The van der Waals surface area contributed by atoms with Crippen LogP contribution in [-0.4, -0.2) is 6.29 Å². The Morgan fingerprint density at radius 3 is 2.47 bits per heavy atom. The summed E-state index contributed by atoms with van der Waals surface area (Å²) in [5.41, 5.74) is 5.35. The Morgan fingerprint density at radius 1 is 1.11 bits per heavy atom. The molecule has 0 unspecified atom stereocenters. The third-order valence-electron chi connectivity index (χ3n) is 4.16. The van der Waals surface area contributed by atoms with Gasteiger partial charge in [0.05, 0.1) is 0 Å². The summed E-state index contributed by atoms with van der Waals surface area (Å²) >= 11 is 0. The molecular formula is C18H18O. The van der Waals surface area contributed by atoms with Gasteiger partial charge in [0.1, 0.15) is 6.29 Å². The maximum absolute atomic E-state index is 10.9. The summed E-state index contributed by atoms with van der Waals surface area (Å²) < 4.78 is 0. The van der Waals surface area contributed by atoms with Crippen LogP contribution in [0.15, 0.2) is 48.5 Å². The van der Waals surface area contributed by atoms with E-state index in [1.807, 2.05) is 0 Å². The summed E-state index contributed by atoms with van der Waals surface area (Å²) in [4.78, 5) is 10.9. The van der Waals surface area contributed by atoms with Crippen LogP contribution in [0.4, 0.5) is 0 Å². The largest absolute Gasteiger partial charge is 0.303 e. The molecule has 0 aromatic heterocycles. The van der Waals surface area contributed by atoms with Gasteiger partial charge in [-0.3, -0.25) is 0 Å². The topological polar surface area (TPSA) is 17.1 Å². The second-order valence-corrected chi connectivity index (χ2v) is 5.48. The smallest absolute Gasteiger partial charge is 0.124 e. The molecule has 0 heterocycles. The standard InChI is InChI=1S/C18H18O/c1-14-7-8-15(9-12-19)17(13-14)18(10-11-18)16-5-3-2-4-6-16/h2-8,12-13H,9-11H2,1H3. The highest BCUT2D eigenvalue weighted by Gasteiger charge is 2.46. The summed E-state index contributed by atoms with van der Waals surface area (Å²) in [6, 6.07) is 17.2. The van der Waals surface area contributed by atoms with Crippen LogP contribution < -0.4 is 0 Å². The van der Waals surface area contributed by atoms with Crippen molar-refractivity contribution in [2.75, 3.05) is 0 Å². The van der Waals surface area contributed by atoms with E-state index in [-0.39, 0.29) is 5.41 Å². The van der Waals surface area contributed by atoms with E-state index < -0.39 is 0 Å². The summed E-state index contributed by atoms with van der Waals surface area (Å²) in [5, 5.41) is 0. The summed E-state index contributed by atoms with van der Waals surface area (Å²) in [6.07, 6.45) is 3.90. The van der Waals surface area contributed by atoms with Crippen molar-refractivity contribution >= 4 is 6.29 Å². The highest BCUT2D eigenvalue weighted by atomic mass is 16.1. The molecule has 0 radical (unpaired) electrons. The van der Waals surface area contributed by atoms with Gasteiger partial charge in [-0.25, -0.2) is 0 Å². The molecule has 1 aliphatic rings. The number of aryl methyl sites for hydroxylation is 1. The highest BCUT2D eigenvalue weighted by Crippen LogP contribution is 2.54. The molecule has 0 amide bonds. The van der Waals surface area contributed by atoms with Gasteiger partial charge >= 0.3 is 0 Å². The van der Waals surface area contributed by atoms with E-state index in [0.717, 1.165) is 6.29 Å². The summed E-state index contributed by atoms with van der Waals surface area (Å²) in [6.45, 7) is 2.12. The molecule has 1 nitrogen and oxygen atoms in total. The summed E-state index contributed by atoms with van der Waals surface area (Å²) in [5.74, 6) is 0. The number of carbonyl (C=O) groups excluding carboxylic acids is 1. The van der Waals surface area contributed by atoms with Crippen molar-refractivity contribution < 1.29 is 4.79 Å². The summed E-state index contributed by atoms with van der Waals surface area (Å²) in [7, 11) is 0. The first-order chi connectivity index (χ1) is 9.26. The van der Waals surface area contributed by atoms with E-state index in [9.17, 15) is 4.79 Å². The lowest BCUT2D eigenvalue weighted by Crippen LogP contribution is -2.12. The third-order valence-corrected chi connectivity index (χ3v) is 4.16. The van der Waals surface area contributed by atoms with E-state index in [1.165, 1.54) is 35.1 Å². The Bertz CT molecular complexity index is 594. The Balaban J connectivity index is 2.11. The first kappa shape index (κ1) is 12.2. The predicted molar refractivity (Wildman–Crippen MR) is 77.4 cm³/mol. The average molecular weight is 250 g/mol. The Kier molecular flexibility index (Phi) is 2.98. The molecule has 3 rings (SSSR count). The minimum absolute atomic E-state index is 0.158. The van der Waals surface area contributed by atoms with Crippen molar-refractivity contribution in [2.45, 2.75) is 31.6 Å². The number of carbonyl (C=O) groups is 1. The molecule has 1 heteroatoms. The number of hydrogen-bond donors (Lipinski definition) is 0. The first-order valence-corrected chi connectivity index (χ1v) is 6.85. The molecule has 1 aliphatic carbocycles. The molecule has 0 spiro atoms. The molecule has 0 N–H and O–H groups in total. The molecular weight excluding hydrogens is 232 g/mol. The Morgan fingerprint density at radius 2 is 1.84 bits per heavy atom. The fourth-order valence-electron chi connectivity index (χ4n) is 3.00. The van der Waals surface area contributed by atoms with Crippen LogP contribution in [0.1, 0.15) is 35.1 Å². The zero-order valence-corrected chi connectivity index (χ0v) is 11.2. The van der Waals surface area contributed by atoms with Crippen LogP contribution in [0.2, 0.25) is 0 Å². The monoisotopic (exact) mass is 250 g/mol. The first-order valence-electron chi connectivity index (χ1n) is 6.85. The van der Waals surface area contributed by atoms with Crippen LogP contribution in [0, 0.1) is 6.92 Å². The van der Waals surface area contributed by atoms with E-state index in [0.29, 0.717) is 6.42 Å². The van der Waals surface area contributed by atoms with E-state index in [1.54, 1.807) is 0 Å². The van der Waals surface area contributed by atoms with E-state index >= 15 is 0 Å². The van der Waals surface area contributed by atoms with Gasteiger partial charge in [-0.15, -0.1) is 0 Å². The van der Waals surface area contributed by atoms with E-state index in [2.05, 4.69) is 55.5 Å². The minimum Gasteiger partial charge on any atom is -0.303 e. The van der Waals surface area contributed by atoms with Crippen LogP contribution >= 0.6 is 0 Å². The van der Waals surface area contributed by atoms with Gasteiger partial charge in [0.25, 0.3) is 0 Å². The maximum atomic E-state index is 10.9. The van der Waals surface area contributed by atoms with Gasteiger partial charge in [0.15, 0.2) is 0 Å².